The molecule has 0 aliphatic carbocycles. The largest absolute Gasteiger partial charge is 0.476 e. The third-order valence-corrected chi connectivity index (χ3v) is 1.98. The lowest BCUT2D eigenvalue weighted by Crippen LogP contribution is -1.95. The predicted octanol–water partition coefficient (Wildman–Crippen LogP) is 1.04. The van der Waals surface area contributed by atoms with E-state index >= 15 is 0 Å². The van der Waals surface area contributed by atoms with Gasteiger partial charge in [0.2, 0.25) is 5.78 Å². The Hall–Kier alpha value is -1.91. The van der Waals surface area contributed by atoms with Gasteiger partial charge in [-0.15, -0.1) is 0 Å². The monoisotopic (exact) mass is 191 g/mol. The fraction of sp³-hybridized carbons (Fsp3) is 0.222. The van der Waals surface area contributed by atoms with Crippen LogP contribution in [0.5, 0.6) is 0 Å². The van der Waals surface area contributed by atoms with Gasteiger partial charge in [-0.25, -0.2) is 14.8 Å². The molecule has 2 rings (SSSR count). The molecule has 0 saturated carbocycles. The quantitative estimate of drug-likeness (QED) is 0.731. The lowest BCUT2D eigenvalue weighted by molar-refractivity contribution is 0.0691. The summed E-state index contributed by atoms with van der Waals surface area (Å²) in [5.74, 6) is -0.604. The first kappa shape index (κ1) is 8.68. The van der Waals surface area contributed by atoms with E-state index in [4.69, 9.17) is 5.11 Å². The second-order valence-electron chi connectivity index (χ2n) is 3.14. The number of nitrogens with zero attached hydrogens (tertiary/aromatic N) is 3. The van der Waals surface area contributed by atoms with Gasteiger partial charge in [0.15, 0.2) is 5.69 Å². The molecular weight excluding hydrogens is 182 g/mol. The lowest BCUT2D eigenvalue weighted by atomic mass is 10.3. The van der Waals surface area contributed by atoms with Crippen molar-refractivity contribution in [2.24, 2.45) is 0 Å². The molecule has 1 N–H and O–H groups in total. The van der Waals surface area contributed by atoms with Gasteiger partial charge in [0.25, 0.3) is 0 Å². The summed E-state index contributed by atoms with van der Waals surface area (Å²) in [5.41, 5.74) is 1.77. The van der Waals surface area contributed by atoms with Crippen molar-refractivity contribution in [3.8, 4) is 0 Å². The second-order valence-corrected chi connectivity index (χ2v) is 3.14. The number of hydrogen-bond acceptors (Lipinski definition) is 3. The van der Waals surface area contributed by atoms with Crippen LogP contribution in [0.15, 0.2) is 12.3 Å². The van der Waals surface area contributed by atoms with E-state index in [2.05, 4.69) is 9.97 Å². The number of hydrogen-bond donors (Lipinski definition) is 1. The molecule has 0 bridgehead atoms. The van der Waals surface area contributed by atoms with Crippen molar-refractivity contribution in [2.45, 2.75) is 13.8 Å². The van der Waals surface area contributed by atoms with Crippen LogP contribution in [0.1, 0.15) is 21.9 Å². The molecule has 0 radical (unpaired) electrons. The van der Waals surface area contributed by atoms with Crippen LogP contribution >= 0.6 is 0 Å². The summed E-state index contributed by atoms with van der Waals surface area (Å²) in [6.07, 6.45) is 1.47. The fourth-order valence-electron chi connectivity index (χ4n) is 1.37. The first-order valence-electron chi connectivity index (χ1n) is 4.14. The minimum atomic E-state index is -1.03. The van der Waals surface area contributed by atoms with Crippen LogP contribution in [-0.2, 0) is 0 Å². The van der Waals surface area contributed by atoms with Crippen LogP contribution in [0.4, 0.5) is 0 Å². The minimum Gasteiger partial charge on any atom is -0.476 e. The highest BCUT2D eigenvalue weighted by Gasteiger charge is 2.10. The standard InChI is InChI=1S/C9H9N3O2/c1-5-3-6(2)12-4-7(8(13)14)11-9(12)10-5/h3-4H,1-2H3,(H,13,14). The van der Waals surface area contributed by atoms with Crippen LogP contribution in [0.25, 0.3) is 5.78 Å². The average molecular weight is 191 g/mol. The molecule has 2 aromatic heterocycles. The van der Waals surface area contributed by atoms with Crippen molar-refractivity contribution in [1.82, 2.24) is 14.4 Å². The Morgan fingerprint density at radius 3 is 2.79 bits per heavy atom. The Bertz CT molecular complexity index is 516. The molecule has 0 fully saturated rings. The summed E-state index contributed by atoms with van der Waals surface area (Å²) in [6, 6.07) is 1.88. The number of rotatable bonds is 1. The smallest absolute Gasteiger partial charge is 0.356 e. The Morgan fingerprint density at radius 1 is 1.43 bits per heavy atom. The SMILES string of the molecule is Cc1cc(C)n2cc(C(=O)O)nc2n1. The van der Waals surface area contributed by atoms with Gasteiger partial charge >= 0.3 is 5.97 Å². The van der Waals surface area contributed by atoms with Gasteiger partial charge in [0, 0.05) is 17.6 Å². The molecule has 14 heavy (non-hydrogen) atoms. The van der Waals surface area contributed by atoms with Crippen molar-refractivity contribution in [3.05, 3.63) is 29.3 Å². The molecule has 0 amide bonds. The predicted molar refractivity (Wildman–Crippen MR) is 49.4 cm³/mol. The maximum absolute atomic E-state index is 10.7. The maximum Gasteiger partial charge on any atom is 0.356 e. The van der Waals surface area contributed by atoms with Crippen LogP contribution < -0.4 is 0 Å². The van der Waals surface area contributed by atoms with E-state index in [1.807, 2.05) is 19.9 Å². The van der Waals surface area contributed by atoms with E-state index < -0.39 is 5.97 Å². The van der Waals surface area contributed by atoms with Gasteiger partial charge in [-0.05, 0) is 19.9 Å². The van der Waals surface area contributed by atoms with Crippen LogP contribution in [0.3, 0.4) is 0 Å². The summed E-state index contributed by atoms with van der Waals surface area (Å²) in [5, 5.41) is 8.74. The normalized spacial score (nSPS) is 10.7. The third-order valence-electron chi connectivity index (χ3n) is 1.98. The minimum absolute atomic E-state index is 0.0196. The third kappa shape index (κ3) is 1.22. The molecule has 0 spiro atoms. The van der Waals surface area contributed by atoms with Gasteiger partial charge in [-0.1, -0.05) is 0 Å². The molecule has 2 heterocycles. The zero-order valence-electron chi connectivity index (χ0n) is 7.85. The lowest BCUT2D eigenvalue weighted by Gasteiger charge is -1.98. The number of carbonyl (C=O) groups is 1. The van der Waals surface area contributed by atoms with E-state index in [0.717, 1.165) is 11.4 Å². The fourth-order valence-corrected chi connectivity index (χ4v) is 1.37. The van der Waals surface area contributed by atoms with Gasteiger partial charge in [-0.2, -0.15) is 0 Å². The summed E-state index contributed by atoms with van der Waals surface area (Å²) in [4.78, 5) is 18.7. The van der Waals surface area contributed by atoms with E-state index in [-0.39, 0.29) is 5.69 Å². The van der Waals surface area contributed by atoms with Crippen molar-refractivity contribution >= 4 is 11.7 Å². The molecule has 0 aliphatic rings. The summed E-state index contributed by atoms with van der Waals surface area (Å²) in [7, 11) is 0. The Labute approximate surface area is 80.0 Å². The number of aromatic nitrogens is 3. The van der Waals surface area contributed by atoms with Gasteiger partial charge in [0.1, 0.15) is 0 Å². The Morgan fingerprint density at radius 2 is 2.14 bits per heavy atom. The van der Waals surface area contributed by atoms with Gasteiger partial charge in [-0.3, -0.25) is 4.40 Å². The summed E-state index contributed by atoms with van der Waals surface area (Å²) in [6.45, 7) is 3.73. The first-order valence-corrected chi connectivity index (χ1v) is 4.14. The van der Waals surface area contributed by atoms with Crippen molar-refractivity contribution in [3.63, 3.8) is 0 Å². The molecular formula is C9H9N3O2. The molecule has 0 aromatic carbocycles. The van der Waals surface area contributed by atoms with Gasteiger partial charge in [0.05, 0.1) is 0 Å². The second kappa shape index (κ2) is 2.80. The van der Waals surface area contributed by atoms with E-state index in [1.54, 1.807) is 4.40 Å². The number of imidazole rings is 1. The van der Waals surface area contributed by atoms with Crippen molar-refractivity contribution < 1.29 is 9.90 Å². The van der Waals surface area contributed by atoms with Crippen molar-refractivity contribution in [1.29, 1.82) is 0 Å². The topological polar surface area (TPSA) is 67.5 Å². The molecule has 0 saturated heterocycles. The highest BCUT2D eigenvalue weighted by Crippen LogP contribution is 2.08. The Kier molecular flexibility index (Phi) is 1.73. The Balaban J connectivity index is 2.76. The van der Waals surface area contributed by atoms with E-state index in [1.165, 1.54) is 6.20 Å². The molecule has 5 heteroatoms. The molecule has 72 valence electrons. The highest BCUT2D eigenvalue weighted by atomic mass is 16.4. The number of carboxylic acid groups (broad SMARTS) is 1. The van der Waals surface area contributed by atoms with Crippen LogP contribution in [0.2, 0.25) is 0 Å². The molecule has 0 aliphatic heterocycles. The van der Waals surface area contributed by atoms with E-state index in [0.29, 0.717) is 5.78 Å². The van der Waals surface area contributed by atoms with Crippen molar-refractivity contribution in [2.75, 3.05) is 0 Å². The zero-order chi connectivity index (χ0) is 10.3. The summed E-state index contributed by atoms with van der Waals surface area (Å²) < 4.78 is 1.66. The first-order chi connectivity index (χ1) is 6.58. The van der Waals surface area contributed by atoms with Crippen LogP contribution in [-0.4, -0.2) is 25.4 Å². The number of carboxylic acids is 1. The number of aryl methyl sites for hydroxylation is 2. The highest BCUT2D eigenvalue weighted by molar-refractivity contribution is 5.85. The molecule has 2 aromatic rings. The summed E-state index contributed by atoms with van der Waals surface area (Å²) >= 11 is 0. The zero-order valence-corrected chi connectivity index (χ0v) is 7.85. The van der Waals surface area contributed by atoms with Crippen LogP contribution in [0, 0.1) is 13.8 Å². The number of fused-ring (bicyclic) bond motifs is 1. The molecule has 0 unspecified atom stereocenters. The average Bonchev–Trinajstić information content (AvgIpc) is 2.47. The van der Waals surface area contributed by atoms with Gasteiger partial charge < -0.3 is 5.11 Å². The van der Waals surface area contributed by atoms with E-state index in [9.17, 15) is 4.79 Å². The molecule has 0 atom stereocenters. The number of aromatic carboxylic acids is 1. The molecule has 5 nitrogen and oxygen atoms in total. The maximum atomic E-state index is 10.7.